The molecule has 166 valence electrons. The van der Waals surface area contributed by atoms with Gasteiger partial charge in [0.25, 0.3) is 0 Å². The third-order valence-electron chi connectivity index (χ3n) is 4.48. The predicted octanol–water partition coefficient (Wildman–Crippen LogP) is 5.19. The van der Waals surface area contributed by atoms with Gasteiger partial charge < -0.3 is 14.4 Å². The molecular formula is C25H38N2O3. The first kappa shape index (κ1) is 25.7. The van der Waals surface area contributed by atoms with Gasteiger partial charge in [-0.1, -0.05) is 82.0 Å². The zero-order valence-corrected chi connectivity index (χ0v) is 18.9. The number of morpholine rings is 1. The molecule has 5 heteroatoms. The van der Waals surface area contributed by atoms with Crippen molar-refractivity contribution in [2.45, 2.75) is 40.3 Å². The fourth-order valence-electron chi connectivity index (χ4n) is 2.91. The van der Waals surface area contributed by atoms with Crippen molar-refractivity contribution >= 4 is 6.09 Å². The quantitative estimate of drug-likeness (QED) is 0.576. The van der Waals surface area contributed by atoms with E-state index in [9.17, 15) is 4.79 Å². The number of hydrogen-bond acceptors (Lipinski definition) is 4. The summed E-state index contributed by atoms with van der Waals surface area (Å²) in [4.78, 5) is 15.5. The molecule has 1 aromatic rings. The standard InChI is InChI=1S/C15H20N2O3.C8H12.C2H6/c18-15-17(7-10-20-15)12-14-3-1-13(2-4-14)11-16-5-8-19-9-6-16;1-3-5-7-8-6-4-2;1-2/h1-4H,5-12H2;3,5-8H,1,4H2,2H3;1-2H3/b;7-5-,8-6-;. The molecule has 0 spiro atoms. The van der Waals surface area contributed by atoms with E-state index < -0.39 is 0 Å². The van der Waals surface area contributed by atoms with Crippen LogP contribution in [0, 0.1) is 0 Å². The van der Waals surface area contributed by atoms with E-state index >= 15 is 0 Å². The highest BCUT2D eigenvalue weighted by atomic mass is 16.6. The number of carbonyl (C=O) groups excluding carboxylic acids is 1. The molecule has 5 nitrogen and oxygen atoms in total. The molecule has 0 aromatic heterocycles. The van der Waals surface area contributed by atoms with Gasteiger partial charge in [0.15, 0.2) is 0 Å². The average Bonchev–Trinajstić information content (AvgIpc) is 3.20. The first-order valence-corrected chi connectivity index (χ1v) is 11.0. The third-order valence-corrected chi connectivity index (χ3v) is 4.48. The summed E-state index contributed by atoms with van der Waals surface area (Å²) in [7, 11) is 0. The Bertz CT molecular complexity index is 647. The minimum Gasteiger partial charge on any atom is -0.448 e. The molecule has 1 aromatic carbocycles. The summed E-state index contributed by atoms with van der Waals surface area (Å²) in [6, 6.07) is 8.49. The Morgan fingerprint density at radius 1 is 0.933 bits per heavy atom. The topological polar surface area (TPSA) is 42.0 Å². The van der Waals surface area contributed by atoms with Crippen molar-refractivity contribution in [1.82, 2.24) is 9.80 Å². The number of carbonyl (C=O) groups is 1. The van der Waals surface area contributed by atoms with Crippen LogP contribution in [-0.2, 0) is 22.6 Å². The van der Waals surface area contributed by atoms with Crippen molar-refractivity contribution in [3.8, 4) is 0 Å². The molecule has 3 rings (SSSR count). The number of rotatable bonds is 7. The van der Waals surface area contributed by atoms with E-state index in [2.05, 4.69) is 48.7 Å². The van der Waals surface area contributed by atoms with Crippen LogP contribution >= 0.6 is 0 Å². The number of hydrogen-bond donors (Lipinski definition) is 0. The molecule has 0 unspecified atom stereocenters. The van der Waals surface area contributed by atoms with Crippen LogP contribution < -0.4 is 0 Å². The van der Waals surface area contributed by atoms with Crippen LogP contribution in [0.1, 0.15) is 38.3 Å². The number of cyclic esters (lactones) is 1. The van der Waals surface area contributed by atoms with Gasteiger partial charge in [-0.2, -0.15) is 0 Å². The summed E-state index contributed by atoms with van der Waals surface area (Å²) in [6.07, 6.45) is 10.6. The van der Waals surface area contributed by atoms with Crippen LogP contribution in [0.4, 0.5) is 4.79 Å². The summed E-state index contributed by atoms with van der Waals surface area (Å²) in [6.45, 7) is 16.1. The number of allylic oxidation sites excluding steroid dienone is 5. The van der Waals surface area contributed by atoms with Crippen molar-refractivity contribution < 1.29 is 14.3 Å². The minimum atomic E-state index is -0.206. The highest BCUT2D eigenvalue weighted by Crippen LogP contribution is 2.13. The van der Waals surface area contributed by atoms with E-state index in [1.807, 2.05) is 32.1 Å². The van der Waals surface area contributed by atoms with Crippen molar-refractivity contribution in [3.05, 3.63) is 72.4 Å². The maximum absolute atomic E-state index is 11.4. The lowest BCUT2D eigenvalue weighted by Gasteiger charge is -2.26. The lowest BCUT2D eigenvalue weighted by atomic mass is 10.1. The van der Waals surface area contributed by atoms with Crippen molar-refractivity contribution in [3.63, 3.8) is 0 Å². The van der Waals surface area contributed by atoms with E-state index in [1.165, 1.54) is 5.56 Å². The second-order valence-corrected chi connectivity index (χ2v) is 6.70. The molecule has 2 heterocycles. The largest absolute Gasteiger partial charge is 0.448 e. The van der Waals surface area contributed by atoms with Crippen molar-refractivity contribution in [2.24, 2.45) is 0 Å². The van der Waals surface area contributed by atoms with Gasteiger partial charge in [-0.05, 0) is 17.5 Å². The lowest BCUT2D eigenvalue weighted by Crippen LogP contribution is -2.35. The molecule has 2 aliphatic rings. The summed E-state index contributed by atoms with van der Waals surface area (Å²) in [5.74, 6) is 0. The van der Waals surface area contributed by atoms with Gasteiger partial charge in [-0.25, -0.2) is 4.79 Å². The first-order valence-electron chi connectivity index (χ1n) is 11.0. The molecule has 0 aliphatic carbocycles. The molecule has 0 saturated carbocycles. The van der Waals surface area contributed by atoms with Gasteiger partial charge in [0.2, 0.25) is 0 Å². The maximum Gasteiger partial charge on any atom is 0.410 e. The molecule has 0 bridgehead atoms. The Labute approximate surface area is 182 Å². The SMILES string of the molecule is C=C/C=C\C=C/CC.CC.O=C1OCCN1Cc1ccc(CN2CCOCC2)cc1. The number of ether oxygens (including phenoxy) is 2. The molecule has 2 aliphatic heterocycles. The van der Waals surface area contributed by atoms with E-state index in [4.69, 9.17) is 9.47 Å². The number of nitrogens with zero attached hydrogens (tertiary/aromatic N) is 2. The summed E-state index contributed by atoms with van der Waals surface area (Å²) < 4.78 is 10.3. The highest BCUT2D eigenvalue weighted by Gasteiger charge is 2.21. The molecule has 0 atom stereocenters. The zero-order chi connectivity index (χ0) is 22.0. The van der Waals surface area contributed by atoms with Crippen LogP contribution in [0.2, 0.25) is 0 Å². The highest BCUT2D eigenvalue weighted by molar-refractivity contribution is 5.69. The number of benzene rings is 1. The van der Waals surface area contributed by atoms with E-state index in [0.29, 0.717) is 19.7 Å². The molecule has 0 radical (unpaired) electrons. The summed E-state index contributed by atoms with van der Waals surface area (Å²) >= 11 is 0. The molecule has 0 N–H and O–H groups in total. The van der Waals surface area contributed by atoms with Crippen LogP contribution in [0.25, 0.3) is 0 Å². The normalized spacial score (nSPS) is 16.6. The van der Waals surface area contributed by atoms with Gasteiger partial charge in [0.05, 0.1) is 19.8 Å². The Morgan fingerprint density at radius 3 is 2.10 bits per heavy atom. The van der Waals surface area contributed by atoms with Crippen LogP contribution in [0.5, 0.6) is 0 Å². The summed E-state index contributed by atoms with van der Waals surface area (Å²) in [5, 5.41) is 0. The monoisotopic (exact) mass is 414 g/mol. The molecular weight excluding hydrogens is 376 g/mol. The Hall–Kier alpha value is -2.37. The van der Waals surface area contributed by atoms with Crippen molar-refractivity contribution in [2.75, 3.05) is 39.5 Å². The smallest absolute Gasteiger partial charge is 0.410 e. The van der Waals surface area contributed by atoms with Gasteiger partial charge >= 0.3 is 6.09 Å². The second-order valence-electron chi connectivity index (χ2n) is 6.70. The molecule has 2 saturated heterocycles. The van der Waals surface area contributed by atoms with E-state index in [-0.39, 0.29) is 6.09 Å². The average molecular weight is 415 g/mol. The zero-order valence-electron chi connectivity index (χ0n) is 18.9. The molecule has 1 amide bonds. The van der Waals surface area contributed by atoms with Gasteiger partial charge in [-0.15, -0.1) is 0 Å². The predicted molar refractivity (Wildman–Crippen MR) is 124 cm³/mol. The minimum absolute atomic E-state index is 0.206. The van der Waals surface area contributed by atoms with Gasteiger partial charge in [0, 0.05) is 26.2 Å². The lowest BCUT2D eigenvalue weighted by molar-refractivity contribution is 0.0342. The second kappa shape index (κ2) is 16.4. The fraction of sp³-hybridized carbons (Fsp3) is 0.480. The number of amides is 1. The Morgan fingerprint density at radius 2 is 1.57 bits per heavy atom. The van der Waals surface area contributed by atoms with Gasteiger partial charge in [0.1, 0.15) is 6.61 Å². The van der Waals surface area contributed by atoms with Crippen LogP contribution in [0.15, 0.2) is 61.2 Å². The van der Waals surface area contributed by atoms with Crippen molar-refractivity contribution in [1.29, 1.82) is 0 Å². The van der Waals surface area contributed by atoms with Crippen LogP contribution in [-0.4, -0.2) is 55.3 Å². The first-order chi connectivity index (χ1) is 14.7. The maximum atomic E-state index is 11.4. The third kappa shape index (κ3) is 10.4. The Kier molecular flexibility index (Phi) is 14.1. The van der Waals surface area contributed by atoms with E-state index in [0.717, 1.165) is 44.8 Å². The fourth-order valence-corrected chi connectivity index (χ4v) is 2.91. The Balaban J connectivity index is 0.000000383. The molecule has 2 fully saturated rings. The van der Waals surface area contributed by atoms with Crippen LogP contribution in [0.3, 0.4) is 0 Å². The van der Waals surface area contributed by atoms with E-state index in [1.54, 1.807) is 11.0 Å². The van der Waals surface area contributed by atoms with Gasteiger partial charge in [-0.3, -0.25) is 4.90 Å². The summed E-state index contributed by atoms with van der Waals surface area (Å²) in [5.41, 5.74) is 2.45. The molecule has 30 heavy (non-hydrogen) atoms.